The van der Waals surface area contributed by atoms with Crippen molar-refractivity contribution in [2.75, 3.05) is 0 Å². The largest absolute Gasteiger partial charge is 0.236 e. The Morgan fingerprint density at radius 1 is 0.724 bits per heavy atom. The number of hydrogen-bond donors (Lipinski definition) is 0. The second-order valence-corrected chi connectivity index (χ2v) is 9.84. The van der Waals surface area contributed by atoms with Gasteiger partial charge in [0.1, 0.15) is 0 Å². The second kappa shape index (κ2) is 7.74. The van der Waals surface area contributed by atoms with Crippen LogP contribution in [-0.4, -0.2) is 9.97 Å². The van der Waals surface area contributed by atoms with E-state index < -0.39 is 0 Å². The normalized spacial score (nSPS) is 12.3. The van der Waals surface area contributed by atoms with E-state index in [1.807, 2.05) is 12.4 Å². The lowest BCUT2D eigenvalue weighted by atomic mass is 9.81. The quantitative estimate of drug-likeness (QED) is 0.466. The van der Waals surface area contributed by atoms with Gasteiger partial charge in [-0.05, 0) is 58.9 Å². The van der Waals surface area contributed by atoms with Crippen LogP contribution in [0.15, 0.2) is 48.8 Å². The molecule has 2 aromatic carbocycles. The molecular weight excluding hydrogens is 352 g/mol. The van der Waals surface area contributed by atoms with Crippen molar-refractivity contribution >= 4 is 0 Å². The molecule has 0 bridgehead atoms. The lowest BCUT2D eigenvalue weighted by molar-refractivity contribution is 0.506. The van der Waals surface area contributed by atoms with Gasteiger partial charge in [0, 0.05) is 23.5 Å². The van der Waals surface area contributed by atoms with Crippen molar-refractivity contribution in [1.82, 2.24) is 9.97 Å². The predicted molar refractivity (Wildman–Crippen MR) is 124 cm³/mol. The standard InChI is InChI=1S/C27H34N2/c1-9-27(7,8)22-11-12-23(18(2)15-22)20-16-28-25(29-17-20)24-13-10-21(14-19(24)3)26(4,5)6/h10-17H,9H2,1-8H3. The molecule has 0 fully saturated rings. The fraction of sp³-hybridized carbons (Fsp3) is 0.407. The summed E-state index contributed by atoms with van der Waals surface area (Å²) in [5, 5.41) is 0. The average Bonchev–Trinajstić information content (AvgIpc) is 2.67. The topological polar surface area (TPSA) is 25.8 Å². The fourth-order valence-electron chi connectivity index (χ4n) is 3.60. The number of nitrogens with zero attached hydrogens (tertiary/aromatic N) is 2. The van der Waals surface area contributed by atoms with Crippen molar-refractivity contribution in [2.45, 2.75) is 72.6 Å². The third kappa shape index (κ3) is 4.42. The molecule has 0 unspecified atom stereocenters. The minimum absolute atomic E-state index is 0.143. The minimum Gasteiger partial charge on any atom is -0.236 e. The first-order valence-electron chi connectivity index (χ1n) is 10.6. The summed E-state index contributed by atoms with van der Waals surface area (Å²) in [6.45, 7) is 17.9. The van der Waals surface area contributed by atoms with Crippen LogP contribution >= 0.6 is 0 Å². The van der Waals surface area contributed by atoms with Crippen LogP contribution in [0.4, 0.5) is 0 Å². The molecule has 0 aliphatic carbocycles. The van der Waals surface area contributed by atoms with Gasteiger partial charge in [-0.1, -0.05) is 77.9 Å². The first-order valence-corrected chi connectivity index (χ1v) is 10.6. The van der Waals surface area contributed by atoms with Gasteiger partial charge in [0.2, 0.25) is 0 Å². The molecule has 2 nitrogen and oxygen atoms in total. The molecule has 1 aromatic heterocycles. The summed E-state index contributed by atoms with van der Waals surface area (Å²) in [5.41, 5.74) is 8.90. The average molecular weight is 387 g/mol. The Morgan fingerprint density at radius 3 is 1.76 bits per heavy atom. The number of aryl methyl sites for hydroxylation is 2. The molecule has 0 saturated carbocycles. The molecule has 0 aliphatic heterocycles. The summed E-state index contributed by atoms with van der Waals surface area (Å²) in [6.07, 6.45) is 5.02. The zero-order valence-corrected chi connectivity index (χ0v) is 19.2. The van der Waals surface area contributed by atoms with Crippen molar-refractivity contribution < 1.29 is 0 Å². The van der Waals surface area contributed by atoms with E-state index in [9.17, 15) is 0 Å². The summed E-state index contributed by atoms with van der Waals surface area (Å²) < 4.78 is 0. The molecule has 0 spiro atoms. The van der Waals surface area contributed by atoms with E-state index in [4.69, 9.17) is 9.97 Å². The fourth-order valence-corrected chi connectivity index (χ4v) is 3.60. The maximum absolute atomic E-state index is 4.70. The van der Waals surface area contributed by atoms with Gasteiger partial charge in [-0.25, -0.2) is 9.97 Å². The summed E-state index contributed by atoms with van der Waals surface area (Å²) >= 11 is 0. The smallest absolute Gasteiger partial charge is 0.159 e. The lowest BCUT2D eigenvalue weighted by Crippen LogP contribution is -2.15. The monoisotopic (exact) mass is 386 g/mol. The summed E-state index contributed by atoms with van der Waals surface area (Å²) in [6, 6.07) is 13.4. The number of benzene rings is 2. The molecule has 0 aliphatic rings. The van der Waals surface area contributed by atoms with Crippen molar-refractivity contribution in [3.05, 3.63) is 71.0 Å². The van der Waals surface area contributed by atoms with E-state index >= 15 is 0 Å². The van der Waals surface area contributed by atoms with Gasteiger partial charge < -0.3 is 0 Å². The summed E-state index contributed by atoms with van der Waals surface area (Å²) in [4.78, 5) is 9.39. The van der Waals surface area contributed by atoms with Crippen LogP contribution in [0, 0.1) is 13.8 Å². The van der Waals surface area contributed by atoms with E-state index in [2.05, 4.69) is 91.8 Å². The van der Waals surface area contributed by atoms with Crippen LogP contribution < -0.4 is 0 Å². The lowest BCUT2D eigenvalue weighted by Gasteiger charge is -2.24. The Balaban J connectivity index is 1.92. The molecule has 0 radical (unpaired) electrons. The van der Waals surface area contributed by atoms with Crippen molar-refractivity contribution in [2.24, 2.45) is 0 Å². The van der Waals surface area contributed by atoms with Crippen LogP contribution in [0.1, 0.15) is 70.2 Å². The zero-order valence-electron chi connectivity index (χ0n) is 19.2. The molecule has 3 rings (SSSR count). The van der Waals surface area contributed by atoms with E-state index in [0.29, 0.717) is 0 Å². The van der Waals surface area contributed by atoms with Gasteiger partial charge >= 0.3 is 0 Å². The Bertz CT molecular complexity index is 1010. The van der Waals surface area contributed by atoms with Crippen LogP contribution in [0.2, 0.25) is 0 Å². The van der Waals surface area contributed by atoms with Crippen LogP contribution in [-0.2, 0) is 10.8 Å². The van der Waals surface area contributed by atoms with E-state index in [1.165, 1.54) is 27.8 Å². The van der Waals surface area contributed by atoms with Gasteiger partial charge in [0.25, 0.3) is 0 Å². The highest BCUT2D eigenvalue weighted by molar-refractivity contribution is 5.68. The van der Waals surface area contributed by atoms with Crippen molar-refractivity contribution in [3.63, 3.8) is 0 Å². The molecule has 2 heteroatoms. The highest BCUT2D eigenvalue weighted by atomic mass is 14.9. The van der Waals surface area contributed by atoms with Crippen LogP contribution in [0.25, 0.3) is 22.5 Å². The maximum atomic E-state index is 4.70. The zero-order chi connectivity index (χ0) is 21.4. The summed E-state index contributed by atoms with van der Waals surface area (Å²) in [7, 11) is 0. The van der Waals surface area contributed by atoms with Gasteiger partial charge in [-0.3, -0.25) is 0 Å². The molecule has 0 atom stereocenters. The van der Waals surface area contributed by atoms with Crippen molar-refractivity contribution in [3.8, 4) is 22.5 Å². The van der Waals surface area contributed by atoms with Gasteiger partial charge in [0.15, 0.2) is 5.82 Å². The maximum Gasteiger partial charge on any atom is 0.159 e. The molecule has 0 saturated heterocycles. The van der Waals surface area contributed by atoms with Gasteiger partial charge in [0.05, 0.1) is 0 Å². The Labute approximate surface area is 176 Å². The first kappa shape index (κ1) is 21.2. The highest BCUT2D eigenvalue weighted by Crippen LogP contribution is 2.32. The third-order valence-electron chi connectivity index (χ3n) is 6.19. The minimum atomic E-state index is 0.143. The second-order valence-electron chi connectivity index (χ2n) is 9.84. The van der Waals surface area contributed by atoms with Gasteiger partial charge in [-0.2, -0.15) is 0 Å². The number of hydrogen-bond acceptors (Lipinski definition) is 2. The molecule has 29 heavy (non-hydrogen) atoms. The first-order chi connectivity index (χ1) is 13.5. The number of aromatic nitrogens is 2. The summed E-state index contributed by atoms with van der Waals surface area (Å²) in [5.74, 6) is 0.785. The van der Waals surface area contributed by atoms with Gasteiger partial charge in [-0.15, -0.1) is 0 Å². The van der Waals surface area contributed by atoms with Crippen molar-refractivity contribution in [1.29, 1.82) is 0 Å². The Morgan fingerprint density at radius 2 is 1.24 bits per heavy atom. The Hall–Kier alpha value is -2.48. The molecule has 0 amide bonds. The predicted octanol–water partition coefficient (Wildman–Crippen LogP) is 7.41. The van der Waals surface area contributed by atoms with Crippen LogP contribution in [0.3, 0.4) is 0 Å². The molecule has 0 N–H and O–H groups in total. The van der Waals surface area contributed by atoms with E-state index in [0.717, 1.165) is 23.4 Å². The molecule has 152 valence electrons. The SMILES string of the molecule is CCC(C)(C)c1ccc(-c2cnc(-c3ccc(C(C)(C)C)cc3C)nc2)c(C)c1. The van der Waals surface area contributed by atoms with E-state index in [-0.39, 0.29) is 10.8 Å². The third-order valence-corrected chi connectivity index (χ3v) is 6.19. The Kier molecular flexibility index (Phi) is 5.67. The number of rotatable bonds is 4. The molecular formula is C27H34N2. The van der Waals surface area contributed by atoms with Crippen LogP contribution in [0.5, 0.6) is 0 Å². The highest BCUT2D eigenvalue weighted by Gasteiger charge is 2.19. The molecule has 1 heterocycles. The molecule has 3 aromatic rings. The van der Waals surface area contributed by atoms with E-state index in [1.54, 1.807) is 0 Å².